The number of benzene rings is 1. The summed E-state index contributed by atoms with van der Waals surface area (Å²) in [5.41, 5.74) is 1.46. The van der Waals surface area contributed by atoms with Crippen molar-refractivity contribution in [1.29, 1.82) is 0 Å². The van der Waals surface area contributed by atoms with Crippen molar-refractivity contribution in [3.05, 3.63) is 53.7 Å². The first-order chi connectivity index (χ1) is 14.2. The topological polar surface area (TPSA) is 79.0 Å². The molecule has 0 bridgehead atoms. The van der Waals surface area contributed by atoms with Crippen molar-refractivity contribution in [1.82, 2.24) is 14.8 Å². The van der Waals surface area contributed by atoms with Crippen LogP contribution in [0.15, 0.2) is 41.1 Å². The Kier molecular flexibility index (Phi) is 6.28. The maximum Gasteiger partial charge on any atom is 0.276 e. The fourth-order valence-electron chi connectivity index (χ4n) is 4.35. The quantitative estimate of drug-likeness (QED) is 0.831. The van der Waals surface area contributed by atoms with Gasteiger partial charge in [0.05, 0.1) is 24.9 Å². The number of amides is 1. The Morgan fingerprint density at radius 2 is 1.97 bits per heavy atom. The molecule has 4 rings (SSSR count). The maximum absolute atomic E-state index is 13.4. The van der Waals surface area contributed by atoms with Gasteiger partial charge in [-0.1, -0.05) is 37.3 Å². The second kappa shape index (κ2) is 9.07. The van der Waals surface area contributed by atoms with E-state index in [0.29, 0.717) is 31.0 Å². The van der Waals surface area contributed by atoms with Gasteiger partial charge in [0.2, 0.25) is 0 Å². The Labute approximate surface area is 171 Å². The molecule has 0 aliphatic carbocycles. The second-order valence-corrected chi connectivity index (χ2v) is 7.77. The SMILES string of the molecule is CCc1ocnc1C(=O)N1CCO[C@@H](CN2CCC(O)CC2)[C@@H]1c1ccccc1. The molecule has 29 heavy (non-hydrogen) atoms. The summed E-state index contributed by atoms with van der Waals surface area (Å²) in [4.78, 5) is 21.8. The predicted octanol–water partition coefficient (Wildman–Crippen LogP) is 2.28. The average molecular weight is 399 g/mol. The molecule has 2 atom stereocenters. The molecule has 2 aliphatic heterocycles. The van der Waals surface area contributed by atoms with Crippen LogP contribution in [0.1, 0.15) is 47.6 Å². The summed E-state index contributed by atoms with van der Waals surface area (Å²) < 4.78 is 11.6. The van der Waals surface area contributed by atoms with E-state index in [1.807, 2.05) is 30.0 Å². The molecule has 1 N–H and O–H groups in total. The molecular weight excluding hydrogens is 370 g/mol. The Balaban J connectivity index is 1.60. The van der Waals surface area contributed by atoms with Crippen molar-refractivity contribution < 1.29 is 19.1 Å². The van der Waals surface area contributed by atoms with Crippen LogP contribution in [0.3, 0.4) is 0 Å². The van der Waals surface area contributed by atoms with Crippen molar-refractivity contribution in [2.75, 3.05) is 32.8 Å². The highest BCUT2D eigenvalue weighted by Crippen LogP contribution is 2.32. The van der Waals surface area contributed by atoms with Crippen molar-refractivity contribution in [3.63, 3.8) is 0 Å². The van der Waals surface area contributed by atoms with Gasteiger partial charge in [-0.2, -0.15) is 0 Å². The molecule has 0 spiro atoms. The third-order valence-electron chi connectivity index (χ3n) is 5.91. The lowest BCUT2D eigenvalue weighted by atomic mass is 9.96. The van der Waals surface area contributed by atoms with Gasteiger partial charge in [-0.25, -0.2) is 4.98 Å². The van der Waals surface area contributed by atoms with Crippen LogP contribution in [0.4, 0.5) is 0 Å². The van der Waals surface area contributed by atoms with Crippen LogP contribution in [0.25, 0.3) is 0 Å². The number of ether oxygens (including phenoxy) is 1. The minimum atomic E-state index is -0.207. The Morgan fingerprint density at radius 1 is 1.21 bits per heavy atom. The van der Waals surface area contributed by atoms with Crippen LogP contribution in [-0.4, -0.2) is 70.8 Å². The molecule has 2 fully saturated rings. The predicted molar refractivity (Wildman–Crippen MR) is 108 cm³/mol. The molecule has 0 radical (unpaired) electrons. The number of carbonyl (C=O) groups excluding carboxylic acids is 1. The van der Waals surface area contributed by atoms with E-state index in [1.54, 1.807) is 0 Å². The number of nitrogens with zero attached hydrogens (tertiary/aromatic N) is 3. The summed E-state index contributed by atoms with van der Waals surface area (Å²) >= 11 is 0. The first kappa shape index (κ1) is 20.1. The fraction of sp³-hybridized carbons (Fsp3) is 0.545. The van der Waals surface area contributed by atoms with Crippen LogP contribution >= 0.6 is 0 Å². The van der Waals surface area contributed by atoms with Gasteiger partial charge in [-0.05, 0) is 18.4 Å². The number of hydrogen-bond acceptors (Lipinski definition) is 6. The minimum absolute atomic E-state index is 0.105. The molecule has 1 aromatic carbocycles. The molecule has 0 saturated carbocycles. The zero-order valence-electron chi connectivity index (χ0n) is 16.9. The number of aliphatic hydroxyl groups is 1. The van der Waals surface area contributed by atoms with Crippen LogP contribution in [0.5, 0.6) is 0 Å². The van der Waals surface area contributed by atoms with Crippen molar-refractivity contribution >= 4 is 5.91 Å². The van der Waals surface area contributed by atoms with E-state index >= 15 is 0 Å². The van der Waals surface area contributed by atoms with Gasteiger partial charge in [0.1, 0.15) is 5.76 Å². The smallest absolute Gasteiger partial charge is 0.276 e. The third kappa shape index (κ3) is 4.37. The Bertz CT molecular complexity index is 801. The lowest BCUT2D eigenvalue weighted by molar-refractivity contribution is -0.0772. The lowest BCUT2D eigenvalue weighted by Gasteiger charge is -2.43. The fourth-order valence-corrected chi connectivity index (χ4v) is 4.35. The van der Waals surface area contributed by atoms with Gasteiger partial charge in [-0.3, -0.25) is 4.79 Å². The van der Waals surface area contributed by atoms with E-state index in [1.165, 1.54) is 6.39 Å². The maximum atomic E-state index is 13.4. The van der Waals surface area contributed by atoms with Crippen molar-refractivity contribution in [2.24, 2.45) is 0 Å². The monoisotopic (exact) mass is 399 g/mol. The van der Waals surface area contributed by atoms with Crippen LogP contribution in [0.2, 0.25) is 0 Å². The van der Waals surface area contributed by atoms with E-state index < -0.39 is 0 Å². The molecular formula is C22H29N3O4. The molecule has 1 amide bonds. The van der Waals surface area contributed by atoms with Crippen LogP contribution in [0, 0.1) is 0 Å². The van der Waals surface area contributed by atoms with E-state index in [0.717, 1.165) is 38.0 Å². The molecule has 0 unspecified atom stereocenters. The van der Waals surface area contributed by atoms with Crippen molar-refractivity contribution in [2.45, 2.75) is 44.4 Å². The average Bonchev–Trinajstić information content (AvgIpc) is 3.24. The van der Waals surface area contributed by atoms with Gasteiger partial charge >= 0.3 is 0 Å². The van der Waals surface area contributed by atoms with Gasteiger partial charge in [-0.15, -0.1) is 0 Å². The standard InChI is InChI=1S/C22H29N3O4/c1-2-18-20(23-15-29-18)22(27)25-12-13-28-19(14-24-10-8-17(26)9-11-24)21(25)16-6-4-3-5-7-16/h3-7,15,17,19,21,26H,2,8-14H2,1H3/t19-,21-/m0/s1. The first-order valence-corrected chi connectivity index (χ1v) is 10.5. The largest absolute Gasteiger partial charge is 0.448 e. The summed E-state index contributed by atoms with van der Waals surface area (Å²) in [5.74, 6) is 0.515. The normalized spacial score (nSPS) is 24.0. The molecule has 3 heterocycles. The number of piperidine rings is 1. The number of likely N-dealkylation sites (tertiary alicyclic amines) is 1. The summed E-state index contributed by atoms with van der Waals surface area (Å²) in [6.07, 6.45) is 3.19. The highest BCUT2D eigenvalue weighted by atomic mass is 16.5. The minimum Gasteiger partial charge on any atom is -0.448 e. The van der Waals surface area contributed by atoms with E-state index in [-0.39, 0.29) is 24.2 Å². The number of rotatable bonds is 5. The van der Waals surface area contributed by atoms with Crippen LogP contribution in [-0.2, 0) is 11.2 Å². The molecule has 7 nitrogen and oxygen atoms in total. The number of aryl methyl sites for hydroxylation is 1. The van der Waals surface area contributed by atoms with Crippen LogP contribution < -0.4 is 0 Å². The molecule has 2 saturated heterocycles. The molecule has 156 valence electrons. The zero-order chi connectivity index (χ0) is 20.2. The molecule has 7 heteroatoms. The van der Waals surface area contributed by atoms with Gasteiger partial charge in [0.25, 0.3) is 5.91 Å². The Hall–Kier alpha value is -2.22. The number of carbonyl (C=O) groups is 1. The number of morpholine rings is 1. The number of aromatic nitrogens is 1. The molecule has 1 aromatic heterocycles. The summed E-state index contributed by atoms with van der Waals surface area (Å²) in [7, 11) is 0. The van der Waals surface area contributed by atoms with Gasteiger partial charge in [0, 0.05) is 32.6 Å². The zero-order valence-corrected chi connectivity index (χ0v) is 16.9. The highest BCUT2D eigenvalue weighted by Gasteiger charge is 2.39. The van der Waals surface area contributed by atoms with E-state index in [9.17, 15) is 9.90 Å². The molecule has 2 aromatic rings. The summed E-state index contributed by atoms with van der Waals surface area (Å²) in [6, 6.07) is 9.88. The number of aliphatic hydroxyl groups excluding tert-OH is 1. The number of oxazole rings is 1. The first-order valence-electron chi connectivity index (χ1n) is 10.5. The Morgan fingerprint density at radius 3 is 2.69 bits per heavy atom. The third-order valence-corrected chi connectivity index (χ3v) is 5.91. The highest BCUT2D eigenvalue weighted by molar-refractivity contribution is 5.93. The van der Waals surface area contributed by atoms with Gasteiger partial charge < -0.3 is 24.1 Å². The van der Waals surface area contributed by atoms with E-state index in [4.69, 9.17) is 9.15 Å². The summed E-state index contributed by atoms with van der Waals surface area (Å²) in [5, 5.41) is 9.81. The lowest BCUT2D eigenvalue weighted by Crippen LogP contribution is -2.53. The molecule has 2 aliphatic rings. The second-order valence-electron chi connectivity index (χ2n) is 7.77. The summed E-state index contributed by atoms with van der Waals surface area (Å²) in [6.45, 7) is 5.40. The van der Waals surface area contributed by atoms with Crippen molar-refractivity contribution in [3.8, 4) is 0 Å². The van der Waals surface area contributed by atoms with E-state index in [2.05, 4.69) is 22.0 Å². The number of hydrogen-bond donors (Lipinski definition) is 1. The van der Waals surface area contributed by atoms with Gasteiger partial charge in [0.15, 0.2) is 12.1 Å².